The second-order valence-electron chi connectivity index (χ2n) is 5.14. The average Bonchev–Trinajstić information content (AvgIpc) is 2.60. The SMILES string of the molecule is CCOc1ccccc1NCC(=O)N1CCSc2ccccc21. The van der Waals surface area contributed by atoms with Crippen LogP contribution in [-0.2, 0) is 4.79 Å². The Kier molecular flexibility index (Phi) is 5.08. The van der Waals surface area contributed by atoms with Gasteiger partial charge in [0, 0.05) is 17.2 Å². The highest BCUT2D eigenvalue weighted by molar-refractivity contribution is 7.99. The van der Waals surface area contributed by atoms with Crippen LogP contribution in [0.2, 0.25) is 0 Å². The molecule has 0 atom stereocenters. The number of carbonyl (C=O) groups is 1. The molecule has 1 N–H and O–H groups in total. The second kappa shape index (κ2) is 7.42. The minimum Gasteiger partial charge on any atom is -0.492 e. The number of hydrogen-bond donors (Lipinski definition) is 1. The van der Waals surface area contributed by atoms with Gasteiger partial charge in [0.1, 0.15) is 5.75 Å². The van der Waals surface area contributed by atoms with Crippen molar-refractivity contribution in [2.75, 3.05) is 35.7 Å². The Hall–Kier alpha value is -2.14. The zero-order valence-corrected chi connectivity index (χ0v) is 13.9. The molecule has 0 fully saturated rings. The van der Waals surface area contributed by atoms with Crippen LogP contribution < -0.4 is 15.0 Å². The number of nitrogens with one attached hydrogen (secondary N) is 1. The Balaban J connectivity index is 1.69. The van der Waals surface area contributed by atoms with Gasteiger partial charge >= 0.3 is 0 Å². The van der Waals surface area contributed by atoms with Crippen molar-refractivity contribution in [1.82, 2.24) is 0 Å². The molecule has 0 saturated carbocycles. The number of thioether (sulfide) groups is 1. The third-order valence-electron chi connectivity index (χ3n) is 3.65. The van der Waals surface area contributed by atoms with Crippen LogP contribution >= 0.6 is 11.8 Å². The summed E-state index contributed by atoms with van der Waals surface area (Å²) in [5.41, 5.74) is 1.86. The predicted octanol–water partition coefficient (Wildman–Crippen LogP) is 3.64. The van der Waals surface area contributed by atoms with E-state index in [1.165, 1.54) is 4.90 Å². The fourth-order valence-electron chi connectivity index (χ4n) is 2.59. The molecule has 0 saturated heterocycles. The molecular formula is C18H20N2O2S. The lowest BCUT2D eigenvalue weighted by molar-refractivity contribution is -0.117. The Morgan fingerprint density at radius 2 is 2.00 bits per heavy atom. The molecular weight excluding hydrogens is 308 g/mol. The first-order valence-corrected chi connectivity index (χ1v) is 8.76. The first-order valence-electron chi connectivity index (χ1n) is 7.77. The Morgan fingerprint density at radius 3 is 2.87 bits per heavy atom. The molecule has 1 aliphatic heterocycles. The van der Waals surface area contributed by atoms with E-state index in [-0.39, 0.29) is 12.5 Å². The first-order chi connectivity index (χ1) is 11.3. The molecule has 0 unspecified atom stereocenters. The fraction of sp³-hybridized carbons (Fsp3) is 0.278. The smallest absolute Gasteiger partial charge is 0.246 e. The maximum absolute atomic E-state index is 12.6. The summed E-state index contributed by atoms with van der Waals surface area (Å²) >= 11 is 1.80. The number of hydrogen-bond acceptors (Lipinski definition) is 4. The monoisotopic (exact) mass is 328 g/mol. The lowest BCUT2D eigenvalue weighted by atomic mass is 10.2. The van der Waals surface area contributed by atoms with Crippen molar-refractivity contribution < 1.29 is 9.53 Å². The summed E-state index contributed by atoms with van der Waals surface area (Å²) in [6.45, 7) is 3.55. The summed E-state index contributed by atoms with van der Waals surface area (Å²) in [7, 11) is 0. The van der Waals surface area contributed by atoms with Gasteiger partial charge in [-0.1, -0.05) is 24.3 Å². The maximum Gasteiger partial charge on any atom is 0.246 e. The van der Waals surface area contributed by atoms with Crippen molar-refractivity contribution in [1.29, 1.82) is 0 Å². The number of amides is 1. The molecule has 1 amide bonds. The number of nitrogens with zero attached hydrogens (tertiary/aromatic N) is 1. The lowest BCUT2D eigenvalue weighted by Gasteiger charge is -2.29. The van der Waals surface area contributed by atoms with E-state index >= 15 is 0 Å². The molecule has 1 aliphatic rings. The summed E-state index contributed by atoms with van der Waals surface area (Å²) in [6.07, 6.45) is 0. The van der Waals surface area contributed by atoms with Crippen molar-refractivity contribution in [3.05, 3.63) is 48.5 Å². The van der Waals surface area contributed by atoms with Gasteiger partial charge in [-0.05, 0) is 31.2 Å². The normalized spacial score (nSPS) is 13.3. The van der Waals surface area contributed by atoms with E-state index in [1.54, 1.807) is 11.8 Å². The minimum atomic E-state index is 0.0732. The Labute approximate surface area is 140 Å². The topological polar surface area (TPSA) is 41.6 Å². The molecule has 1 heterocycles. The Bertz CT molecular complexity index is 690. The molecule has 2 aromatic carbocycles. The van der Waals surface area contributed by atoms with Gasteiger partial charge in [0.25, 0.3) is 0 Å². The molecule has 23 heavy (non-hydrogen) atoms. The van der Waals surface area contributed by atoms with Gasteiger partial charge in [-0.3, -0.25) is 4.79 Å². The van der Waals surface area contributed by atoms with Crippen molar-refractivity contribution in [3.63, 3.8) is 0 Å². The number of fused-ring (bicyclic) bond motifs is 1. The number of rotatable bonds is 5. The zero-order valence-electron chi connectivity index (χ0n) is 13.1. The summed E-state index contributed by atoms with van der Waals surface area (Å²) < 4.78 is 5.58. The van der Waals surface area contributed by atoms with E-state index < -0.39 is 0 Å². The fourth-order valence-corrected chi connectivity index (χ4v) is 3.58. The molecule has 0 aromatic heterocycles. The summed E-state index contributed by atoms with van der Waals surface area (Å²) in [6, 6.07) is 15.8. The third kappa shape index (κ3) is 3.62. The standard InChI is InChI=1S/C18H20N2O2S/c1-2-22-16-9-5-3-7-14(16)19-13-18(21)20-11-12-23-17-10-6-4-8-15(17)20/h3-10,19H,2,11-13H2,1H3. The van der Waals surface area contributed by atoms with Crippen LogP contribution in [-0.4, -0.2) is 31.4 Å². The highest BCUT2D eigenvalue weighted by atomic mass is 32.2. The zero-order chi connectivity index (χ0) is 16.1. The number of benzene rings is 2. The van der Waals surface area contributed by atoms with Gasteiger partial charge in [0.05, 0.1) is 24.5 Å². The summed E-state index contributed by atoms with van der Waals surface area (Å²) in [5.74, 6) is 1.78. The van der Waals surface area contributed by atoms with Gasteiger partial charge in [-0.25, -0.2) is 0 Å². The van der Waals surface area contributed by atoms with Gasteiger partial charge in [0.2, 0.25) is 5.91 Å². The van der Waals surface area contributed by atoms with Crippen LogP contribution in [0.25, 0.3) is 0 Å². The van der Waals surface area contributed by atoms with Crippen molar-refractivity contribution in [2.24, 2.45) is 0 Å². The number of para-hydroxylation sites is 3. The molecule has 2 aromatic rings. The van der Waals surface area contributed by atoms with E-state index in [0.717, 1.165) is 29.4 Å². The quantitative estimate of drug-likeness (QED) is 0.910. The van der Waals surface area contributed by atoms with Crippen LogP contribution in [0.3, 0.4) is 0 Å². The van der Waals surface area contributed by atoms with Gasteiger partial charge in [-0.15, -0.1) is 11.8 Å². The van der Waals surface area contributed by atoms with Crippen LogP contribution in [0.5, 0.6) is 5.75 Å². The maximum atomic E-state index is 12.6. The van der Waals surface area contributed by atoms with Crippen LogP contribution in [0.1, 0.15) is 6.92 Å². The van der Waals surface area contributed by atoms with Crippen LogP contribution in [0.15, 0.2) is 53.4 Å². The van der Waals surface area contributed by atoms with Crippen molar-refractivity contribution >= 4 is 29.0 Å². The molecule has 0 spiro atoms. The van der Waals surface area contributed by atoms with Crippen LogP contribution in [0, 0.1) is 0 Å². The van der Waals surface area contributed by atoms with Crippen LogP contribution in [0.4, 0.5) is 11.4 Å². The predicted molar refractivity (Wildman–Crippen MR) is 95.6 cm³/mol. The molecule has 0 bridgehead atoms. The van der Waals surface area contributed by atoms with E-state index in [0.29, 0.717) is 6.61 Å². The first kappa shape index (κ1) is 15.7. The molecule has 120 valence electrons. The van der Waals surface area contributed by atoms with E-state index in [4.69, 9.17) is 4.74 Å². The molecule has 5 heteroatoms. The minimum absolute atomic E-state index is 0.0732. The highest BCUT2D eigenvalue weighted by Crippen LogP contribution is 2.34. The second-order valence-corrected chi connectivity index (χ2v) is 6.28. The molecule has 4 nitrogen and oxygen atoms in total. The highest BCUT2D eigenvalue weighted by Gasteiger charge is 2.22. The average molecular weight is 328 g/mol. The van der Waals surface area contributed by atoms with E-state index in [2.05, 4.69) is 11.4 Å². The van der Waals surface area contributed by atoms with E-state index in [9.17, 15) is 4.79 Å². The Morgan fingerprint density at radius 1 is 1.22 bits per heavy atom. The number of anilines is 2. The van der Waals surface area contributed by atoms with Gasteiger partial charge < -0.3 is 15.0 Å². The molecule has 0 radical (unpaired) electrons. The largest absolute Gasteiger partial charge is 0.492 e. The summed E-state index contributed by atoms with van der Waals surface area (Å²) in [4.78, 5) is 15.6. The molecule has 3 rings (SSSR count). The van der Waals surface area contributed by atoms with Crippen molar-refractivity contribution in [3.8, 4) is 5.75 Å². The van der Waals surface area contributed by atoms with E-state index in [1.807, 2.05) is 54.3 Å². The number of ether oxygens (including phenoxy) is 1. The number of carbonyl (C=O) groups excluding carboxylic acids is 1. The lowest BCUT2D eigenvalue weighted by Crippen LogP contribution is -2.39. The third-order valence-corrected chi connectivity index (χ3v) is 4.69. The summed E-state index contributed by atoms with van der Waals surface area (Å²) in [5, 5.41) is 3.20. The van der Waals surface area contributed by atoms with Gasteiger partial charge in [-0.2, -0.15) is 0 Å². The van der Waals surface area contributed by atoms with Gasteiger partial charge in [0.15, 0.2) is 0 Å². The van der Waals surface area contributed by atoms with Crippen molar-refractivity contribution in [2.45, 2.75) is 11.8 Å². The molecule has 0 aliphatic carbocycles.